The Hall–Kier alpha value is -0.120. The van der Waals surface area contributed by atoms with E-state index in [1.54, 1.807) is 0 Å². The first-order valence-electron chi connectivity index (χ1n) is 7.76. The molecule has 2 aliphatic heterocycles. The highest BCUT2D eigenvalue weighted by Crippen LogP contribution is 2.13. The molecule has 0 aromatic heterocycles. The van der Waals surface area contributed by atoms with Gasteiger partial charge in [-0.3, -0.25) is 9.89 Å². The van der Waals surface area contributed by atoms with Gasteiger partial charge in [0.1, 0.15) is 0 Å². The monoisotopic (exact) mass is 411 g/mol. The molecule has 7 heteroatoms. The topological polar surface area (TPSA) is 66.1 Å². The van der Waals surface area contributed by atoms with Crippen molar-refractivity contribution in [1.82, 2.24) is 15.1 Å². The van der Waals surface area contributed by atoms with E-state index in [1.165, 1.54) is 13.0 Å². The van der Waals surface area contributed by atoms with Crippen molar-refractivity contribution in [1.29, 1.82) is 0 Å². The van der Waals surface area contributed by atoms with Gasteiger partial charge in [-0.15, -0.1) is 24.0 Å². The average molecular weight is 411 g/mol. The Morgan fingerprint density at radius 2 is 2.10 bits per heavy atom. The minimum atomic E-state index is 0. The first kappa shape index (κ1) is 18.9. The molecule has 0 amide bonds. The molecule has 21 heavy (non-hydrogen) atoms. The van der Waals surface area contributed by atoms with Gasteiger partial charge >= 0.3 is 0 Å². The lowest BCUT2D eigenvalue weighted by molar-refractivity contribution is 0.0376. The van der Waals surface area contributed by atoms with Gasteiger partial charge in [-0.1, -0.05) is 0 Å². The Morgan fingerprint density at radius 3 is 2.76 bits per heavy atom. The van der Waals surface area contributed by atoms with E-state index < -0.39 is 0 Å². The van der Waals surface area contributed by atoms with Crippen LogP contribution in [-0.4, -0.2) is 81.8 Å². The van der Waals surface area contributed by atoms with Crippen molar-refractivity contribution in [3.05, 3.63) is 0 Å². The Labute approximate surface area is 145 Å². The van der Waals surface area contributed by atoms with Crippen LogP contribution in [0.2, 0.25) is 0 Å². The summed E-state index contributed by atoms with van der Waals surface area (Å²) < 4.78 is 5.33. The van der Waals surface area contributed by atoms with Crippen LogP contribution in [0.5, 0.6) is 0 Å². The van der Waals surface area contributed by atoms with Gasteiger partial charge in [-0.05, 0) is 38.9 Å². The number of halogens is 1. The number of rotatable bonds is 6. The molecule has 124 valence electrons. The summed E-state index contributed by atoms with van der Waals surface area (Å²) in [5.74, 6) is 1.27. The number of nitrogens with two attached hydrogens (primary N) is 1. The van der Waals surface area contributed by atoms with Crippen LogP contribution in [0.3, 0.4) is 0 Å². The molecule has 0 radical (unpaired) electrons. The van der Waals surface area contributed by atoms with Gasteiger partial charge in [-0.2, -0.15) is 0 Å². The lowest BCUT2D eigenvalue weighted by atomic mass is 10.1. The van der Waals surface area contributed by atoms with Gasteiger partial charge in [0, 0.05) is 32.7 Å². The number of likely N-dealkylation sites (tertiary alicyclic amines) is 1. The number of aliphatic imine (C=N–C) groups is 1. The minimum absolute atomic E-state index is 0. The number of ether oxygens (including phenoxy) is 1. The predicted octanol–water partition coefficient (Wildman–Crippen LogP) is 0.183. The predicted molar refractivity (Wildman–Crippen MR) is 97.4 cm³/mol. The third-order valence-electron chi connectivity index (χ3n) is 4.07. The Bertz CT molecular complexity index is 310. The summed E-state index contributed by atoms with van der Waals surface area (Å²) in [6.45, 7) is 9.04. The second-order valence-electron chi connectivity index (χ2n) is 5.88. The molecule has 0 saturated carbocycles. The fraction of sp³-hybridized carbons (Fsp3) is 0.929. The summed E-state index contributed by atoms with van der Waals surface area (Å²) in [6, 6.07) is 0. The van der Waals surface area contributed by atoms with Crippen molar-refractivity contribution in [2.24, 2.45) is 16.6 Å². The van der Waals surface area contributed by atoms with Gasteiger partial charge in [0.05, 0.1) is 13.2 Å². The second kappa shape index (κ2) is 10.6. The molecule has 1 atom stereocenters. The highest BCUT2D eigenvalue weighted by Gasteiger charge is 2.18. The third kappa shape index (κ3) is 7.62. The maximum atomic E-state index is 5.90. The van der Waals surface area contributed by atoms with Gasteiger partial charge in [0.25, 0.3) is 0 Å². The SMILES string of the molecule is CN1CCC(CN=C(N)NCCCN2CCOCC2)C1.I. The minimum Gasteiger partial charge on any atom is -0.379 e. The Morgan fingerprint density at radius 1 is 1.33 bits per heavy atom. The van der Waals surface area contributed by atoms with Crippen LogP contribution >= 0.6 is 24.0 Å². The molecule has 2 aliphatic rings. The van der Waals surface area contributed by atoms with E-state index >= 15 is 0 Å². The number of hydrogen-bond acceptors (Lipinski definition) is 4. The fourth-order valence-electron chi connectivity index (χ4n) is 2.80. The Balaban J connectivity index is 0.00000220. The summed E-state index contributed by atoms with van der Waals surface area (Å²) >= 11 is 0. The number of nitrogens with zero attached hydrogens (tertiary/aromatic N) is 3. The zero-order chi connectivity index (χ0) is 14.2. The zero-order valence-electron chi connectivity index (χ0n) is 13.1. The molecule has 6 nitrogen and oxygen atoms in total. The average Bonchev–Trinajstić information content (AvgIpc) is 2.88. The van der Waals surface area contributed by atoms with Gasteiger partial charge < -0.3 is 20.7 Å². The van der Waals surface area contributed by atoms with Crippen molar-refractivity contribution in [3.63, 3.8) is 0 Å². The number of nitrogens with one attached hydrogen (secondary N) is 1. The van der Waals surface area contributed by atoms with E-state index in [4.69, 9.17) is 10.5 Å². The largest absolute Gasteiger partial charge is 0.379 e. The number of guanidine groups is 1. The van der Waals surface area contributed by atoms with Crippen molar-refractivity contribution < 1.29 is 4.74 Å². The van der Waals surface area contributed by atoms with Crippen molar-refractivity contribution in [2.75, 3.05) is 66.1 Å². The molecule has 2 fully saturated rings. The van der Waals surface area contributed by atoms with Gasteiger partial charge in [-0.25, -0.2) is 0 Å². The summed E-state index contributed by atoms with van der Waals surface area (Å²) in [7, 11) is 2.16. The molecule has 0 aromatic rings. The molecule has 1 unspecified atom stereocenters. The molecule has 2 rings (SSSR count). The lowest BCUT2D eigenvalue weighted by Crippen LogP contribution is -2.39. The van der Waals surface area contributed by atoms with Crippen LogP contribution < -0.4 is 11.1 Å². The summed E-state index contributed by atoms with van der Waals surface area (Å²) in [5.41, 5.74) is 5.90. The molecule has 0 aliphatic carbocycles. The lowest BCUT2D eigenvalue weighted by Gasteiger charge is -2.26. The maximum Gasteiger partial charge on any atom is 0.188 e. The van der Waals surface area contributed by atoms with Crippen LogP contribution in [0.4, 0.5) is 0 Å². The highest BCUT2D eigenvalue weighted by molar-refractivity contribution is 14.0. The summed E-state index contributed by atoms with van der Waals surface area (Å²) in [6.07, 6.45) is 2.34. The van der Waals surface area contributed by atoms with Crippen molar-refractivity contribution in [3.8, 4) is 0 Å². The van der Waals surface area contributed by atoms with Crippen LogP contribution in [-0.2, 0) is 4.74 Å². The number of morpholine rings is 1. The second-order valence-corrected chi connectivity index (χ2v) is 5.88. The molecule has 2 saturated heterocycles. The van der Waals surface area contributed by atoms with E-state index in [2.05, 4.69) is 27.2 Å². The first-order chi connectivity index (χ1) is 9.74. The highest BCUT2D eigenvalue weighted by atomic mass is 127. The van der Waals surface area contributed by atoms with E-state index in [1.807, 2.05) is 0 Å². The molecule has 0 aromatic carbocycles. The zero-order valence-corrected chi connectivity index (χ0v) is 15.4. The molecule has 0 bridgehead atoms. The van der Waals surface area contributed by atoms with Crippen LogP contribution in [0.1, 0.15) is 12.8 Å². The van der Waals surface area contributed by atoms with Crippen molar-refractivity contribution in [2.45, 2.75) is 12.8 Å². The van der Waals surface area contributed by atoms with Crippen LogP contribution in [0.15, 0.2) is 4.99 Å². The quantitative estimate of drug-likeness (QED) is 0.283. The maximum absolute atomic E-state index is 5.90. The van der Waals surface area contributed by atoms with E-state index in [0.717, 1.165) is 58.9 Å². The smallest absolute Gasteiger partial charge is 0.188 e. The molecule has 3 N–H and O–H groups in total. The molecular weight excluding hydrogens is 381 g/mol. The number of hydrogen-bond donors (Lipinski definition) is 2. The fourth-order valence-corrected chi connectivity index (χ4v) is 2.80. The molecule has 2 heterocycles. The standard InChI is InChI=1S/C14H29N5O.HI/c1-18-6-3-13(12-18)11-17-14(15)16-4-2-5-19-7-9-20-10-8-19;/h13H,2-12H2,1H3,(H3,15,16,17);1H. The van der Waals surface area contributed by atoms with Crippen LogP contribution in [0.25, 0.3) is 0 Å². The summed E-state index contributed by atoms with van der Waals surface area (Å²) in [4.78, 5) is 9.24. The summed E-state index contributed by atoms with van der Waals surface area (Å²) in [5, 5.41) is 3.21. The van der Waals surface area contributed by atoms with E-state index in [9.17, 15) is 0 Å². The normalized spacial score (nSPS) is 24.8. The van der Waals surface area contributed by atoms with Crippen molar-refractivity contribution >= 4 is 29.9 Å². The third-order valence-corrected chi connectivity index (χ3v) is 4.07. The van der Waals surface area contributed by atoms with Gasteiger partial charge in [0.2, 0.25) is 0 Å². The molecular formula is C14H30IN5O. The van der Waals surface area contributed by atoms with E-state index in [-0.39, 0.29) is 24.0 Å². The Kier molecular flexibility index (Phi) is 9.54. The van der Waals surface area contributed by atoms with E-state index in [0.29, 0.717) is 11.9 Å². The molecule has 0 spiro atoms. The van der Waals surface area contributed by atoms with Crippen LogP contribution in [0, 0.1) is 5.92 Å². The van der Waals surface area contributed by atoms with Gasteiger partial charge in [0.15, 0.2) is 5.96 Å². The first-order valence-corrected chi connectivity index (χ1v) is 7.76.